The highest BCUT2D eigenvalue weighted by molar-refractivity contribution is 7.90. The summed E-state index contributed by atoms with van der Waals surface area (Å²) in [6.45, 7) is 0.706. The lowest BCUT2D eigenvalue weighted by Crippen LogP contribution is -2.01. The van der Waals surface area contributed by atoms with Crippen LogP contribution in [-0.4, -0.2) is 19.2 Å². The summed E-state index contributed by atoms with van der Waals surface area (Å²) in [6, 6.07) is 23.9. The van der Waals surface area contributed by atoms with Gasteiger partial charge in [-0.15, -0.1) is 0 Å². The van der Waals surface area contributed by atoms with Crippen molar-refractivity contribution in [3.8, 4) is 0 Å². The zero-order valence-corrected chi connectivity index (χ0v) is 14.1. The van der Waals surface area contributed by atoms with Crippen molar-refractivity contribution in [2.45, 2.75) is 11.4 Å². The van der Waals surface area contributed by atoms with Crippen LogP contribution in [0, 0.1) is 0 Å². The maximum atomic E-state index is 11.6. The summed E-state index contributed by atoms with van der Waals surface area (Å²) < 4.78 is 25.5. The van der Waals surface area contributed by atoms with Crippen molar-refractivity contribution in [3.05, 3.63) is 78.4 Å². The molecule has 0 radical (unpaired) electrons. The standard InChI is InChI=1S/C20H17NO2S/c1-24(22,23)16-12-10-15(11-13-16)14-21-19-8-4-2-6-17(19)18-7-3-5-9-20(18)21/h2-13H,14H2,1H3. The van der Waals surface area contributed by atoms with E-state index in [0.717, 1.165) is 5.56 Å². The third kappa shape index (κ3) is 2.49. The van der Waals surface area contributed by atoms with E-state index in [9.17, 15) is 8.42 Å². The maximum absolute atomic E-state index is 11.6. The minimum absolute atomic E-state index is 0.355. The fourth-order valence-electron chi connectivity index (χ4n) is 3.20. The van der Waals surface area contributed by atoms with Crippen LogP contribution >= 0.6 is 0 Å². The Morgan fingerprint density at radius 1 is 0.750 bits per heavy atom. The average molecular weight is 335 g/mol. The molecule has 24 heavy (non-hydrogen) atoms. The Labute approximate surface area is 141 Å². The number of aromatic nitrogens is 1. The molecule has 0 atom stereocenters. The Kier molecular flexibility index (Phi) is 3.43. The number of hydrogen-bond donors (Lipinski definition) is 0. The van der Waals surface area contributed by atoms with E-state index >= 15 is 0 Å². The zero-order chi connectivity index (χ0) is 16.7. The van der Waals surface area contributed by atoms with Crippen molar-refractivity contribution >= 4 is 31.6 Å². The normalized spacial score (nSPS) is 12.0. The van der Waals surface area contributed by atoms with Crippen molar-refractivity contribution in [2.24, 2.45) is 0 Å². The van der Waals surface area contributed by atoms with Crippen LogP contribution in [0.2, 0.25) is 0 Å². The smallest absolute Gasteiger partial charge is 0.175 e. The molecule has 0 fully saturated rings. The van der Waals surface area contributed by atoms with E-state index in [1.54, 1.807) is 12.1 Å². The summed E-state index contributed by atoms with van der Waals surface area (Å²) in [7, 11) is -3.16. The molecule has 0 aliphatic rings. The fourth-order valence-corrected chi connectivity index (χ4v) is 3.83. The van der Waals surface area contributed by atoms with Crippen LogP contribution in [0.1, 0.15) is 5.56 Å². The second kappa shape index (κ2) is 5.49. The van der Waals surface area contributed by atoms with E-state index in [1.165, 1.54) is 28.1 Å². The van der Waals surface area contributed by atoms with Gasteiger partial charge in [-0.05, 0) is 29.8 Å². The Bertz CT molecular complexity index is 1090. The quantitative estimate of drug-likeness (QED) is 0.561. The number of sulfone groups is 1. The number of para-hydroxylation sites is 2. The van der Waals surface area contributed by atoms with E-state index in [0.29, 0.717) is 11.4 Å². The van der Waals surface area contributed by atoms with Crippen LogP contribution in [0.25, 0.3) is 21.8 Å². The molecule has 1 aromatic heterocycles. The van der Waals surface area contributed by atoms with Gasteiger partial charge in [-0.1, -0.05) is 48.5 Å². The molecule has 0 amide bonds. The minimum atomic E-state index is -3.16. The largest absolute Gasteiger partial charge is 0.336 e. The Morgan fingerprint density at radius 3 is 1.75 bits per heavy atom. The highest BCUT2D eigenvalue weighted by Gasteiger charge is 2.11. The molecule has 0 saturated heterocycles. The predicted molar refractivity (Wildman–Crippen MR) is 98.1 cm³/mol. The van der Waals surface area contributed by atoms with E-state index in [1.807, 2.05) is 24.3 Å². The van der Waals surface area contributed by atoms with Gasteiger partial charge >= 0.3 is 0 Å². The van der Waals surface area contributed by atoms with Crippen LogP contribution in [0.5, 0.6) is 0 Å². The molecular formula is C20H17NO2S. The molecule has 0 N–H and O–H groups in total. The van der Waals surface area contributed by atoms with Gasteiger partial charge in [-0.3, -0.25) is 0 Å². The van der Waals surface area contributed by atoms with Crippen LogP contribution in [0.3, 0.4) is 0 Å². The van der Waals surface area contributed by atoms with Crippen molar-refractivity contribution in [3.63, 3.8) is 0 Å². The first kappa shape index (κ1) is 15.0. The molecule has 3 nitrogen and oxygen atoms in total. The summed E-state index contributed by atoms with van der Waals surface area (Å²) in [5.74, 6) is 0. The third-order valence-corrected chi connectivity index (χ3v) is 5.50. The van der Waals surface area contributed by atoms with E-state index < -0.39 is 9.84 Å². The van der Waals surface area contributed by atoms with Crippen LogP contribution in [0.15, 0.2) is 77.7 Å². The fraction of sp³-hybridized carbons (Fsp3) is 0.100. The summed E-state index contributed by atoms with van der Waals surface area (Å²) in [6.07, 6.45) is 1.23. The Morgan fingerprint density at radius 2 is 1.25 bits per heavy atom. The zero-order valence-electron chi connectivity index (χ0n) is 13.3. The van der Waals surface area contributed by atoms with E-state index in [-0.39, 0.29) is 0 Å². The number of nitrogens with zero attached hydrogens (tertiary/aromatic N) is 1. The number of fused-ring (bicyclic) bond motifs is 3. The van der Waals surface area contributed by atoms with Crippen LogP contribution in [0.4, 0.5) is 0 Å². The van der Waals surface area contributed by atoms with E-state index in [4.69, 9.17) is 0 Å². The number of hydrogen-bond acceptors (Lipinski definition) is 2. The van der Waals surface area contributed by atoms with Gasteiger partial charge in [0.15, 0.2) is 9.84 Å². The van der Waals surface area contributed by atoms with Crippen LogP contribution in [-0.2, 0) is 16.4 Å². The van der Waals surface area contributed by atoms with Gasteiger partial charge in [-0.2, -0.15) is 0 Å². The first-order chi connectivity index (χ1) is 11.5. The summed E-state index contributed by atoms with van der Waals surface area (Å²) in [5, 5.41) is 2.47. The van der Waals surface area contributed by atoms with Gasteiger partial charge in [-0.25, -0.2) is 8.42 Å². The lowest BCUT2D eigenvalue weighted by molar-refractivity contribution is 0.602. The molecule has 0 aliphatic carbocycles. The van der Waals surface area contributed by atoms with Gasteiger partial charge in [0.25, 0.3) is 0 Å². The number of rotatable bonds is 3. The molecule has 4 heteroatoms. The van der Waals surface area contributed by atoms with Gasteiger partial charge in [0.2, 0.25) is 0 Å². The molecule has 0 bridgehead atoms. The summed E-state index contributed by atoms with van der Waals surface area (Å²) >= 11 is 0. The highest BCUT2D eigenvalue weighted by Crippen LogP contribution is 2.29. The Balaban J connectivity index is 1.84. The average Bonchev–Trinajstić information content (AvgIpc) is 2.89. The molecule has 4 aromatic rings. The molecule has 4 rings (SSSR count). The van der Waals surface area contributed by atoms with Crippen molar-refractivity contribution < 1.29 is 8.42 Å². The first-order valence-corrected chi connectivity index (χ1v) is 9.68. The van der Waals surface area contributed by atoms with Crippen molar-refractivity contribution in [2.75, 3.05) is 6.26 Å². The minimum Gasteiger partial charge on any atom is -0.336 e. The van der Waals surface area contributed by atoms with Crippen molar-refractivity contribution in [1.82, 2.24) is 4.57 Å². The monoisotopic (exact) mass is 335 g/mol. The predicted octanol–water partition coefficient (Wildman–Crippen LogP) is 4.25. The Hall–Kier alpha value is -2.59. The second-order valence-electron chi connectivity index (χ2n) is 6.04. The van der Waals surface area contributed by atoms with Crippen LogP contribution < -0.4 is 0 Å². The molecule has 0 aliphatic heterocycles. The SMILES string of the molecule is CS(=O)(=O)c1ccc(Cn2c3ccccc3c3ccccc32)cc1. The molecule has 0 saturated carbocycles. The molecule has 3 aromatic carbocycles. The van der Waals surface area contributed by atoms with Crippen molar-refractivity contribution in [1.29, 1.82) is 0 Å². The topological polar surface area (TPSA) is 39.1 Å². The summed E-state index contributed by atoms with van der Waals surface area (Å²) in [5.41, 5.74) is 3.45. The number of benzene rings is 3. The lowest BCUT2D eigenvalue weighted by Gasteiger charge is -2.08. The maximum Gasteiger partial charge on any atom is 0.175 e. The third-order valence-electron chi connectivity index (χ3n) is 4.37. The highest BCUT2D eigenvalue weighted by atomic mass is 32.2. The van der Waals surface area contributed by atoms with Gasteiger partial charge in [0.1, 0.15) is 0 Å². The van der Waals surface area contributed by atoms with Gasteiger partial charge in [0, 0.05) is 34.6 Å². The summed E-state index contributed by atoms with van der Waals surface area (Å²) in [4.78, 5) is 0.355. The van der Waals surface area contributed by atoms with Gasteiger partial charge in [0.05, 0.1) is 4.90 Å². The first-order valence-electron chi connectivity index (χ1n) is 7.79. The molecule has 0 unspecified atom stereocenters. The van der Waals surface area contributed by atoms with E-state index in [2.05, 4.69) is 41.0 Å². The molecule has 1 heterocycles. The molecular weight excluding hydrogens is 318 g/mol. The molecule has 120 valence electrons. The van der Waals surface area contributed by atoms with Gasteiger partial charge < -0.3 is 4.57 Å². The lowest BCUT2D eigenvalue weighted by atomic mass is 10.2. The second-order valence-corrected chi connectivity index (χ2v) is 8.05. The molecule has 0 spiro atoms.